The maximum Gasteiger partial charge on any atom is 0.357 e. The number of nitrogens with two attached hydrogens (primary N) is 2. The monoisotopic (exact) mass is 444 g/mol. The molecule has 0 spiro atoms. The maximum absolute atomic E-state index is 12.9. The van der Waals surface area contributed by atoms with Crippen LogP contribution < -0.4 is 20.4 Å². The van der Waals surface area contributed by atoms with Gasteiger partial charge in [0.15, 0.2) is 5.03 Å². The highest BCUT2D eigenvalue weighted by molar-refractivity contribution is 7.87. The molecule has 0 saturated heterocycles. The molecule has 0 aliphatic carbocycles. The summed E-state index contributed by atoms with van der Waals surface area (Å²) in [5.74, 6) is 0.454. The van der Waals surface area contributed by atoms with Crippen molar-refractivity contribution in [2.75, 3.05) is 13.2 Å². The summed E-state index contributed by atoms with van der Waals surface area (Å²) in [4.78, 5) is 9.18. The number of aromatic nitrogens is 1. The first-order chi connectivity index (χ1) is 14.7. The zero-order chi connectivity index (χ0) is 22.4. The highest BCUT2D eigenvalue weighted by Crippen LogP contribution is 2.27. The van der Waals surface area contributed by atoms with E-state index >= 15 is 0 Å². The first kappa shape index (κ1) is 22.2. The van der Waals surface area contributed by atoms with Gasteiger partial charge in [0, 0.05) is 17.9 Å². The second kappa shape index (κ2) is 9.52. The minimum Gasteiger partial charge on any atom is -0.493 e. The van der Waals surface area contributed by atoms with Crippen LogP contribution in [0, 0.1) is 13.8 Å². The van der Waals surface area contributed by atoms with Crippen molar-refractivity contribution in [3.63, 3.8) is 0 Å². The molecule has 3 rings (SSSR count). The molecule has 0 bridgehead atoms. The molecular formula is C21H24N4O5S. The van der Waals surface area contributed by atoms with Crippen LogP contribution in [-0.4, -0.2) is 32.6 Å². The van der Waals surface area contributed by atoms with E-state index in [-0.39, 0.29) is 23.3 Å². The molecule has 0 aliphatic heterocycles. The summed E-state index contributed by atoms with van der Waals surface area (Å²) < 4.78 is 36.8. The van der Waals surface area contributed by atoms with Gasteiger partial charge in [-0.1, -0.05) is 18.2 Å². The molecule has 0 radical (unpaired) electrons. The third kappa shape index (κ3) is 5.98. The summed E-state index contributed by atoms with van der Waals surface area (Å²) in [6.07, 6.45) is 0.527. The number of fused-ring (bicyclic) bond motifs is 1. The Morgan fingerprint density at radius 3 is 2.55 bits per heavy atom. The maximum atomic E-state index is 12.9. The van der Waals surface area contributed by atoms with Gasteiger partial charge in [-0.25, -0.2) is 4.98 Å². The third-order valence-electron chi connectivity index (χ3n) is 4.15. The number of para-hydroxylation sites is 1. The third-order valence-corrected chi connectivity index (χ3v) is 5.45. The number of nitrogens with zero attached hydrogens (tertiary/aromatic N) is 2. The fourth-order valence-corrected chi connectivity index (χ4v) is 3.99. The Morgan fingerprint density at radius 1 is 1.03 bits per heavy atom. The Labute approximate surface area is 180 Å². The van der Waals surface area contributed by atoms with Gasteiger partial charge in [-0.3, -0.25) is 0 Å². The zero-order valence-corrected chi connectivity index (χ0v) is 18.1. The van der Waals surface area contributed by atoms with Gasteiger partial charge in [-0.15, -0.1) is 0 Å². The van der Waals surface area contributed by atoms with Gasteiger partial charge in [0.2, 0.25) is 5.96 Å². The molecule has 0 atom stereocenters. The quantitative estimate of drug-likeness (QED) is 0.169. The molecule has 4 N–H and O–H groups in total. The van der Waals surface area contributed by atoms with Gasteiger partial charge in [0.25, 0.3) is 0 Å². The van der Waals surface area contributed by atoms with Crippen molar-refractivity contribution < 1.29 is 22.2 Å². The van der Waals surface area contributed by atoms with Crippen molar-refractivity contribution in [3.05, 3.63) is 59.7 Å². The average molecular weight is 445 g/mol. The minimum absolute atomic E-state index is 0.118. The lowest BCUT2D eigenvalue weighted by Gasteiger charge is -2.12. The van der Waals surface area contributed by atoms with E-state index in [2.05, 4.69) is 10.1 Å². The molecule has 0 saturated carbocycles. The summed E-state index contributed by atoms with van der Waals surface area (Å²) in [5, 5.41) is 4.15. The molecule has 1 aromatic heterocycles. The summed E-state index contributed by atoms with van der Waals surface area (Å²) in [7, 11) is -4.13. The van der Waals surface area contributed by atoms with Gasteiger partial charge in [0.1, 0.15) is 18.1 Å². The van der Waals surface area contributed by atoms with Crippen LogP contribution in [0.1, 0.15) is 17.5 Å². The Balaban J connectivity index is 1.73. The van der Waals surface area contributed by atoms with Crippen LogP contribution in [0.3, 0.4) is 0 Å². The minimum atomic E-state index is -4.13. The van der Waals surface area contributed by atoms with Crippen molar-refractivity contribution in [2.24, 2.45) is 16.6 Å². The lowest BCUT2D eigenvalue weighted by molar-refractivity contribution is 0.127. The summed E-state index contributed by atoms with van der Waals surface area (Å²) >= 11 is 0. The molecule has 10 heteroatoms. The molecule has 0 unspecified atom stereocenters. The molecule has 2 aromatic carbocycles. The fraction of sp³-hybridized carbons (Fsp3) is 0.238. The highest BCUT2D eigenvalue weighted by Gasteiger charge is 2.22. The van der Waals surface area contributed by atoms with Crippen LogP contribution in [0.4, 0.5) is 0 Å². The van der Waals surface area contributed by atoms with Crippen molar-refractivity contribution >= 4 is 27.0 Å². The van der Waals surface area contributed by atoms with Gasteiger partial charge < -0.3 is 25.2 Å². The smallest absolute Gasteiger partial charge is 0.357 e. The Bertz CT molecular complexity index is 1210. The number of pyridine rings is 1. The molecule has 0 aliphatic rings. The normalized spacial score (nSPS) is 11.2. The predicted octanol–water partition coefficient (Wildman–Crippen LogP) is 2.59. The van der Waals surface area contributed by atoms with E-state index in [1.165, 1.54) is 6.07 Å². The number of benzene rings is 2. The Kier molecular flexibility index (Phi) is 6.81. The Hall–Kier alpha value is -3.53. The van der Waals surface area contributed by atoms with E-state index in [4.69, 9.17) is 25.2 Å². The number of ether oxygens (including phenoxy) is 1. The van der Waals surface area contributed by atoms with E-state index in [1.54, 1.807) is 37.3 Å². The van der Waals surface area contributed by atoms with Gasteiger partial charge in [-0.2, -0.15) is 8.42 Å². The topological polar surface area (TPSA) is 139 Å². The molecular weight excluding hydrogens is 420 g/mol. The van der Waals surface area contributed by atoms with Crippen LogP contribution in [-0.2, 0) is 15.0 Å². The largest absolute Gasteiger partial charge is 0.493 e. The standard InChI is InChI=1S/C21H24N4O5S/c1-14-10-17(28-8-5-9-29-25-21(22)23)13-18(11-14)30-31(26,27)20-15(2)12-16-6-3-4-7-19(16)24-20/h3-4,6-7,10-13H,5,8-9H2,1-2H3,(H4,22,23,25). The van der Waals surface area contributed by atoms with Gasteiger partial charge >= 0.3 is 10.1 Å². The molecule has 1 heterocycles. The summed E-state index contributed by atoms with van der Waals surface area (Å²) in [5.41, 5.74) is 12.2. The first-order valence-electron chi connectivity index (χ1n) is 9.51. The van der Waals surface area contributed by atoms with Crippen molar-refractivity contribution in [2.45, 2.75) is 25.3 Å². The van der Waals surface area contributed by atoms with Crippen LogP contribution >= 0.6 is 0 Å². The SMILES string of the molecule is Cc1cc(OCCCON=C(N)N)cc(OS(=O)(=O)c2nc3ccccc3cc2C)c1. The van der Waals surface area contributed by atoms with Crippen LogP contribution in [0.15, 0.2) is 58.7 Å². The molecule has 0 fully saturated rings. The van der Waals surface area contributed by atoms with Crippen molar-refractivity contribution in [1.82, 2.24) is 4.98 Å². The highest BCUT2D eigenvalue weighted by atomic mass is 32.2. The molecule has 3 aromatic rings. The van der Waals surface area contributed by atoms with Crippen molar-refractivity contribution in [1.29, 1.82) is 0 Å². The van der Waals surface area contributed by atoms with Crippen LogP contribution in [0.25, 0.3) is 10.9 Å². The lowest BCUT2D eigenvalue weighted by Crippen LogP contribution is -2.23. The average Bonchev–Trinajstić information content (AvgIpc) is 2.69. The Morgan fingerprint density at radius 2 is 1.77 bits per heavy atom. The first-order valence-corrected chi connectivity index (χ1v) is 10.9. The molecule has 9 nitrogen and oxygen atoms in total. The number of oxime groups is 1. The van der Waals surface area contributed by atoms with Crippen LogP contribution in [0.5, 0.6) is 11.5 Å². The number of hydrogen-bond donors (Lipinski definition) is 2. The number of rotatable bonds is 9. The molecule has 164 valence electrons. The zero-order valence-electron chi connectivity index (χ0n) is 17.2. The predicted molar refractivity (Wildman–Crippen MR) is 117 cm³/mol. The van der Waals surface area contributed by atoms with E-state index in [0.29, 0.717) is 29.9 Å². The second-order valence-corrected chi connectivity index (χ2v) is 8.34. The molecule has 31 heavy (non-hydrogen) atoms. The van der Waals surface area contributed by atoms with E-state index in [9.17, 15) is 8.42 Å². The fourth-order valence-electron chi connectivity index (χ4n) is 2.90. The van der Waals surface area contributed by atoms with Gasteiger partial charge in [-0.05, 0) is 54.4 Å². The van der Waals surface area contributed by atoms with E-state index < -0.39 is 10.1 Å². The number of aryl methyl sites for hydroxylation is 2. The number of hydrogen-bond acceptors (Lipinski definition) is 7. The number of guanidine groups is 1. The van der Waals surface area contributed by atoms with Crippen molar-refractivity contribution in [3.8, 4) is 11.5 Å². The molecule has 0 amide bonds. The van der Waals surface area contributed by atoms with E-state index in [1.807, 2.05) is 19.1 Å². The van der Waals surface area contributed by atoms with Crippen LogP contribution in [0.2, 0.25) is 0 Å². The second-order valence-electron chi connectivity index (χ2n) is 6.87. The van der Waals surface area contributed by atoms with Gasteiger partial charge in [0.05, 0.1) is 12.1 Å². The van der Waals surface area contributed by atoms with E-state index in [0.717, 1.165) is 10.9 Å². The lowest BCUT2D eigenvalue weighted by atomic mass is 10.2. The summed E-state index contributed by atoms with van der Waals surface area (Å²) in [6.45, 7) is 4.09. The summed E-state index contributed by atoms with van der Waals surface area (Å²) in [6, 6.07) is 14.0.